The van der Waals surface area contributed by atoms with E-state index in [0.29, 0.717) is 0 Å². The van der Waals surface area contributed by atoms with Gasteiger partial charge in [-0.15, -0.1) is 0 Å². The van der Waals surface area contributed by atoms with Crippen molar-refractivity contribution in [3.05, 3.63) is 34.6 Å². The lowest BCUT2D eigenvalue weighted by atomic mass is 9.78. The van der Waals surface area contributed by atoms with E-state index in [-0.39, 0.29) is 0 Å². The molecule has 0 aliphatic rings. The molecule has 1 N–H and O–H groups in total. The molecule has 108 valence electrons. The van der Waals surface area contributed by atoms with Crippen LogP contribution in [0.5, 0.6) is 0 Å². The van der Waals surface area contributed by atoms with Crippen molar-refractivity contribution in [2.24, 2.45) is 0 Å². The van der Waals surface area contributed by atoms with Crippen LogP contribution in [-0.2, 0) is 10.2 Å². The third-order valence-electron chi connectivity index (χ3n) is 2.97. The molecule has 20 heavy (non-hydrogen) atoms. The summed E-state index contributed by atoms with van der Waals surface area (Å²) in [6.07, 6.45) is -1.03. The standard InChI is InChI=1S/C12H8F5NO2/c1-12(11(19)20,3-2-4-18)5-6(13)8(15)10(17)9(16)7(5)14/h2-3H2,1H3,(H,19,20). The highest BCUT2D eigenvalue weighted by atomic mass is 19.2. The summed E-state index contributed by atoms with van der Waals surface area (Å²) in [5.41, 5.74) is -3.85. The number of hydrogen-bond acceptors (Lipinski definition) is 2. The summed E-state index contributed by atoms with van der Waals surface area (Å²) < 4.78 is 66.3. The van der Waals surface area contributed by atoms with Crippen LogP contribution in [0.2, 0.25) is 0 Å². The summed E-state index contributed by atoms with van der Waals surface area (Å²) >= 11 is 0. The minimum Gasteiger partial charge on any atom is -0.481 e. The van der Waals surface area contributed by atoms with Gasteiger partial charge in [-0.05, 0) is 13.3 Å². The van der Waals surface area contributed by atoms with Crippen LogP contribution in [0.4, 0.5) is 22.0 Å². The quantitative estimate of drug-likeness (QED) is 0.527. The van der Waals surface area contributed by atoms with Crippen molar-refractivity contribution in [1.82, 2.24) is 0 Å². The van der Waals surface area contributed by atoms with Gasteiger partial charge in [0.15, 0.2) is 23.3 Å². The van der Waals surface area contributed by atoms with E-state index in [2.05, 4.69) is 0 Å². The van der Waals surface area contributed by atoms with Crippen LogP contribution in [0, 0.1) is 40.4 Å². The van der Waals surface area contributed by atoms with Crippen molar-refractivity contribution >= 4 is 5.97 Å². The number of hydrogen-bond donors (Lipinski definition) is 1. The Morgan fingerprint density at radius 3 is 1.85 bits per heavy atom. The molecule has 0 saturated heterocycles. The first kappa shape index (κ1) is 15.9. The highest BCUT2D eigenvalue weighted by Crippen LogP contribution is 2.36. The molecule has 3 nitrogen and oxygen atoms in total. The zero-order valence-electron chi connectivity index (χ0n) is 10.1. The van der Waals surface area contributed by atoms with Gasteiger partial charge in [0.05, 0.1) is 11.5 Å². The molecular weight excluding hydrogens is 285 g/mol. The number of rotatable bonds is 4. The van der Waals surface area contributed by atoms with Gasteiger partial charge in [0.1, 0.15) is 0 Å². The third-order valence-corrected chi connectivity index (χ3v) is 2.97. The minimum atomic E-state index is -2.40. The first-order valence-electron chi connectivity index (χ1n) is 5.30. The fraction of sp³-hybridized carbons (Fsp3) is 0.333. The lowest BCUT2D eigenvalue weighted by Gasteiger charge is -2.25. The van der Waals surface area contributed by atoms with E-state index in [9.17, 15) is 26.7 Å². The van der Waals surface area contributed by atoms with Gasteiger partial charge in [-0.2, -0.15) is 5.26 Å². The summed E-state index contributed by atoms with van der Waals surface area (Å²) in [4.78, 5) is 11.2. The molecule has 0 aliphatic heterocycles. The van der Waals surface area contributed by atoms with E-state index >= 15 is 0 Å². The second-order valence-corrected chi connectivity index (χ2v) is 4.24. The zero-order valence-corrected chi connectivity index (χ0v) is 10.1. The first-order valence-corrected chi connectivity index (χ1v) is 5.30. The zero-order chi connectivity index (χ0) is 15.7. The van der Waals surface area contributed by atoms with Gasteiger partial charge in [0, 0.05) is 12.0 Å². The van der Waals surface area contributed by atoms with Crippen LogP contribution in [0.15, 0.2) is 0 Å². The number of carboxylic acids is 1. The molecule has 1 unspecified atom stereocenters. The van der Waals surface area contributed by atoms with Gasteiger partial charge < -0.3 is 5.11 Å². The Hall–Kier alpha value is -2.17. The van der Waals surface area contributed by atoms with Crippen molar-refractivity contribution in [1.29, 1.82) is 5.26 Å². The van der Waals surface area contributed by atoms with Crippen molar-refractivity contribution in [2.75, 3.05) is 0 Å². The first-order chi connectivity index (χ1) is 9.18. The minimum absolute atomic E-state index is 0.428. The Balaban J connectivity index is 3.66. The normalized spacial score (nSPS) is 13.7. The van der Waals surface area contributed by atoms with Crippen LogP contribution >= 0.6 is 0 Å². The smallest absolute Gasteiger partial charge is 0.314 e. The third kappa shape index (κ3) is 2.31. The lowest BCUT2D eigenvalue weighted by molar-refractivity contribution is -0.143. The Morgan fingerprint density at radius 2 is 1.50 bits per heavy atom. The molecule has 0 aliphatic carbocycles. The topological polar surface area (TPSA) is 61.1 Å². The number of aliphatic carboxylic acids is 1. The molecule has 8 heteroatoms. The van der Waals surface area contributed by atoms with Crippen molar-refractivity contribution in [2.45, 2.75) is 25.2 Å². The van der Waals surface area contributed by atoms with Gasteiger partial charge in [-0.1, -0.05) is 0 Å². The predicted octanol–water partition coefficient (Wildman–Crippen LogP) is 3.03. The molecule has 0 fully saturated rings. The van der Waals surface area contributed by atoms with Gasteiger partial charge >= 0.3 is 5.97 Å². The molecule has 1 atom stereocenters. The molecule has 0 aromatic heterocycles. The molecule has 0 bridgehead atoms. The summed E-state index contributed by atoms with van der Waals surface area (Å²) in [5, 5.41) is 17.4. The Labute approximate surface area is 110 Å². The van der Waals surface area contributed by atoms with Crippen LogP contribution in [0.1, 0.15) is 25.3 Å². The molecule has 1 aromatic carbocycles. The van der Waals surface area contributed by atoms with E-state index in [0.717, 1.165) is 6.92 Å². The number of benzene rings is 1. The molecule has 0 amide bonds. The largest absolute Gasteiger partial charge is 0.481 e. The van der Waals surface area contributed by atoms with E-state index in [1.807, 2.05) is 0 Å². The average Bonchev–Trinajstić information content (AvgIpc) is 2.40. The average molecular weight is 293 g/mol. The lowest BCUT2D eigenvalue weighted by Crippen LogP contribution is -2.35. The Morgan fingerprint density at radius 1 is 1.10 bits per heavy atom. The maximum atomic E-state index is 13.6. The second kappa shape index (κ2) is 5.45. The maximum Gasteiger partial charge on any atom is 0.314 e. The van der Waals surface area contributed by atoms with E-state index in [1.54, 1.807) is 6.07 Å². The fourth-order valence-electron chi connectivity index (χ4n) is 1.73. The van der Waals surface area contributed by atoms with Crippen molar-refractivity contribution in [3.63, 3.8) is 0 Å². The van der Waals surface area contributed by atoms with Gasteiger partial charge in [0.2, 0.25) is 5.82 Å². The number of nitriles is 1. The van der Waals surface area contributed by atoms with E-state index < -0.39 is 58.9 Å². The van der Waals surface area contributed by atoms with Crippen molar-refractivity contribution in [3.8, 4) is 6.07 Å². The van der Waals surface area contributed by atoms with Gasteiger partial charge in [-0.25, -0.2) is 22.0 Å². The molecule has 0 heterocycles. The Bertz CT molecular complexity index is 582. The molecular formula is C12H8F5NO2. The Kier molecular flexibility index (Phi) is 4.33. The second-order valence-electron chi connectivity index (χ2n) is 4.24. The van der Waals surface area contributed by atoms with Gasteiger partial charge in [-0.3, -0.25) is 4.79 Å². The number of halogens is 5. The van der Waals surface area contributed by atoms with Crippen LogP contribution < -0.4 is 0 Å². The maximum absolute atomic E-state index is 13.6. The predicted molar refractivity (Wildman–Crippen MR) is 56.1 cm³/mol. The molecule has 1 rings (SSSR count). The number of carbonyl (C=O) groups is 1. The van der Waals surface area contributed by atoms with E-state index in [4.69, 9.17) is 10.4 Å². The molecule has 1 aromatic rings. The number of nitrogens with zero attached hydrogens (tertiary/aromatic N) is 1. The fourth-order valence-corrected chi connectivity index (χ4v) is 1.73. The number of carboxylic acid groups (broad SMARTS) is 1. The van der Waals surface area contributed by atoms with Crippen molar-refractivity contribution < 1.29 is 31.9 Å². The van der Waals surface area contributed by atoms with Gasteiger partial charge in [0.25, 0.3) is 0 Å². The summed E-state index contributed by atoms with van der Waals surface area (Å²) in [6, 6.07) is 1.56. The molecule has 0 saturated carbocycles. The van der Waals surface area contributed by atoms with Crippen LogP contribution in [0.25, 0.3) is 0 Å². The summed E-state index contributed by atoms with van der Waals surface area (Å²) in [6.45, 7) is 0.797. The van der Waals surface area contributed by atoms with E-state index in [1.165, 1.54) is 0 Å². The van der Waals surface area contributed by atoms with Crippen LogP contribution in [-0.4, -0.2) is 11.1 Å². The highest BCUT2D eigenvalue weighted by Gasteiger charge is 2.43. The summed E-state index contributed by atoms with van der Waals surface area (Å²) in [5.74, 6) is -13.0. The molecule has 0 radical (unpaired) electrons. The van der Waals surface area contributed by atoms with Crippen LogP contribution in [0.3, 0.4) is 0 Å². The molecule has 0 spiro atoms. The monoisotopic (exact) mass is 293 g/mol. The highest BCUT2D eigenvalue weighted by molar-refractivity contribution is 5.81. The summed E-state index contributed by atoms with van der Waals surface area (Å²) in [7, 11) is 0. The SMILES string of the molecule is CC(CCC#N)(C(=O)O)c1c(F)c(F)c(F)c(F)c1F.